The molecule has 0 spiro atoms. The number of thioether (sulfide) groups is 1. The number of amides is 1. The van der Waals surface area contributed by atoms with Gasteiger partial charge in [-0.05, 0) is 49.2 Å². The first kappa shape index (κ1) is 19.0. The van der Waals surface area contributed by atoms with Crippen LogP contribution in [0.4, 0.5) is 8.78 Å². The molecule has 134 valence electrons. The maximum Gasteiger partial charge on any atom is 0.284 e. The van der Waals surface area contributed by atoms with Crippen molar-refractivity contribution in [3.05, 3.63) is 53.0 Å². The van der Waals surface area contributed by atoms with Gasteiger partial charge < -0.3 is 9.15 Å². The molecular weight excluding hydrogens is 350 g/mol. The first-order chi connectivity index (χ1) is 11.9. The Morgan fingerprint density at radius 2 is 2.12 bits per heavy atom. The number of ether oxygens (including phenoxy) is 1. The number of hydrazone groups is 1. The van der Waals surface area contributed by atoms with Gasteiger partial charge in [0.05, 0.1) is 12.0 Å². The first-order valence-electron chi connectivity index (χ1n) is 7.44. The van der Waals surface area contributed by atoms with Crippen LogP contribution in [0.2, 0.25) is 0 Å². The number of benzene rings is 1. The molecule has 8 heteroatoms. The second-order valence-electron chi connectivity index (χ2n) is 5.20. The van der Waals surface area contributed by atoms with E-state index in [0.29, 0.717) is 29.0 Å². The lowest BCUT2D eigenvalue weighted by atomic mass is 10.1. The number of hydrogen-bond acceptors (Lipinski definition) is 5. The fourth-order valence-electron chi connectivity index (χ4n) is 1.84. The molecule has 0 bridgehead atoms. The number of furan rings is 1. The van der Waals surface area contributed by atoms with Gasteiger partial charge in [-0.3, -0.25) is 4.79 Å². The zero-order valence-corrected chi connectivity index (χ0v) is 14.6. The highest BCUT2D eigenvalue weighted by molar-refractivity contribution is 7.98. The number of rotatable bonds is 8. The quantitative estimate of drug-likeness (QED) is 0.567. The number of hydrogen-bond donors (Lipinski definition) is 1. The standard InChI is InChI=1S/C17H18F2N2O3S/c1-11-3-4-13(7-12(11)2)23-9-16(22)21-20-8-14-5-6-15(24-14)10-25-17(18)19/h3-8,17H,9-10H2,1-2H3,(H,21,22)/b20-8-. The van der Waals surface area contributed by atoms with Crippen LogP contribution in [-0.4, -0.2) is 24.5 Å². The summed E-state index contributed by atoms with van der Waals surface area (Å²) in [5.74, 6) is -1.42. The highest BCUT2D eigenvalue weighted by Gasteiger charge is 2.07. The van der Waals surface area contributed by atoms with Crippen LogP contribution in [0, 0.1) is 13.8 Å². The van der Waals surface area contributed by atoms with E-state index < -0.39 is 11.7 Å². The highest BCUT2D eigenvalue weighted by atomic mass is 32.2. The van der Waals surface area contributed by atoms with Crippen molar-refractivity contribution in [1.82, 2.24) is 5.43 Å². The molecule has 1 heterocycles. The summed E-state index contributed by atoms with van der Waals surface area (Å²) in [6, 6.07) is 8.74. The number of aryl methyl sites for hydroxylation is 2. The Balaban J connectivity index is 1.75. The van der Waals surface area contributed by atoms with Crippen LogP contribution in [0.25, 0.3) is 0 Å². The molecule has 0 aliphatic heterocycles. The van der Waals surface area contributed by atoms with Crippen molar-refractivity contribution >= 4 is 23.9 Å². The van der Waals surface area contributed by atoms with E-state index in [2.05, 4.69) is 10.5 Å². The van der Waals surface area contributed by atoms with E-state index in [-0.39, 0.29) is 12.4 Å². The van der Waals surface area contributed by atoms with Crippen LogP contribution in [0.1, 0.15) is 22.6 Å². The molecule has 1 amide bonds. The molecule has 5 nitrogen and oxygen atoms in total. The van der Waals surface area contributed by atoms with Crippen molar-refractivity contribution in [2.24, 2.45) is 5.10 Å². The first-order valence-corrected chi connectivity index (χ1v) is 8.49. The molecular formula is C17H18F2N2O3S. The van der Waals surface area contributed by atoms with Crippen molar-refractivity contribution in [3.63, 3.8) is 0 Å². The molecule has 1 aromatic carbocycles. The van der Waals surface area contributed by atoms with Crippen LogP contribution in [0.5, 0.6) is 5.75 Å². The van der Waals surface area contributed by atoms with E-state index >= 15 is 0 Å². The lowest BCUT2D eigenvalue weighted by Crippen LogP contribution is -2.24. The lowest BCUT2D eigenvalue weighted by molar-refractivity contribution is -0.123. The van der Waals surface area contributed by atoms with Gasteiger partial charge >= 0.3 is 0 Å². The van der Waals surface area contributed by atoms with Crippen molar-refractivity contribution in [2.75, 3.05) is 6.61 Å². The average Bonchev–Trinajstić information content (AvgIpc) is 3.02. The number of nitrogens with zero attached hydrogens (tertiary/aromatic N) is 1. The fraction of sp³-hybridized carbons (Fsp3) is 0.294. The highest BCUT2D eigenvalue weighted by Crippen LogP contribution is 2.20. The van der Waals surface area contributed by atoms with Gasteiger partial charge in [-0.1, -0.05) is 17.8 Å². The summed E-state index contributed by atoms with van der Waals surface area (Å²) in [5.41, 5.74) is 4.53. The Bertz CT molecular complexity index is 747. The van der Waals surface area contributed by atoms with E-state index in [4.69, 9.17) is 9.15 Å². The van der Waals surface area contributed by atoms with Gasteiger partial charge in [0.15, 0.2) is 6.61 Å². The molecule has 0 unspecified atom stereocenters. The Hall–Kier alpha value is -2.35. The van der Waals surface area contributed by atoms with Crippen molar-refractivity contribution in [1.29, 1.82) is 0 Å². The second-order valence-corrected chi connectivity index (χ2v) is 6.18. The van der Waals surface area contributed by atoms with Gasteiger partial charge in [0.2, 0.25) is 0 Å². The minimum Gasteiger partial charge on any atom is -0.484 e. The van der Waals surface area contributed by atoms with Gasteiger partial charge in [0.1, 0.15) is 17.3 Å². The molecule has 1 aromatic heterocycles. The monoisotopic (exact) mass is 368 g/mol. The Labute approximate surface area is 148 Å². The predicted molar refractivity (Wildman–Crippen MR) is 93.2 cm³/mol. The molecule has 0 saturated heterocycles. The van der Waals surface area contributed by atoms with Crippen molar-refractivity contribution in [3.8, 4) is 5.75 Å². The van der Waals surface area contributed by atoms with Gasteiger partial charge in [-0.2, -0.15) is 13.9 Å². The van der Waals surface area contributed by atoms with Crippen molar-refractivity contribution < 1.29 is 22.7 Å². The molecule has 0 fully saturated rings. The average molecular weight is 368 g/mol. The Morgan fingerprint density at radius 3 is 2.84 bits per heavy atom. The Kier molecular flexibility index (Phi) is 7.00. The predicted octanol–water partition coefficient (Wildman–Crippen LogP) is 3.88. The molecule has 2 aromatic rings. The van der Waals surface area contributed by atoms with Crippen LogP contribution in [-0.2, 0) is 10.5 Å². The third-order valence-corrected chi connectivity index (χ3v) is 3.97. The van der Waals surface area contributed by atoms with E-state index in [1.165, 1.54) is 6.21 Å². The fourth-order valence-corrected chi connectivity index (χ4v) is 2.28. The zero-order chi connectivity index (χ0) is 18.2. The number of carbonyl (C=O) groups excluding carboxylic acids is 1. The Morgan fingerprint density at radius 1 is 1.32 bits per heavy atom. The van der Waals surface area contributed by atoms with Gasteiger partial charge in [-0.15, -0.1) is 0 Å². The van der Waals surface area contributed by atoms with Gasteiger partial charge in [-0.25, -0.2) is 5.43 Å². The summed E-state index contributed by atoms with van der Waals surface area (Å²) in [6.45, 7) is 3.78. The maximum absolute atomic E-state index is 12.1. The van der Waals surface area contributed by atoms with E-state index in [1.807, 2.05) is 26.0 Å². The molecule has 0 atom stereocenters. The minimum atomic E-state index is -2.45. The summed E-state index contributed by atoms with van der Waals surface area (Å²) < 4.78 is 34.8. The normalized spacial score (nSPS) is 11.2. The van der Waals surface area contributed by atoms with E-state index in [0.717, 1.165) is 11.1 Å². The largest absolute Gasteiger partial charge is 0.484 e. The molecule has 0 radical (unpaired) electrons. The number of halogens is 2. The lowest BCUT2D eigenvalue weighted by Gasteiger charge is -2.07. The van der Waals surface area contributed by atoms with Crippen LogP contribution in [0.15, 0.2) is 39.9 Å². The van der Waals surface area contributed by atoms with Crippen LogP contribution in [0.3, 0.4) is 0 Å². The molecule has 25 heavy (non-hydrogen) atoms. The third kappa shape index (κ3) is 6.58. The smallest absolute Gasteiger partial charge is 0.284 e. The molecule has 0 aliphatic rings. The van der Waals surface area contributed by atoms with E-state index in [9.17, 15) is 13.6 Å². The topological polar surface area (TPSA) is 63.8 Å². The summed E-state index contributed by atoms with van der Waals surface area (Å²) in [5, 5.41) is 3.74. The maximum atomic E-state index is 12.1. The number of alkyl halides is 2. The summed E-state index contributed by atoms with van der Waals surface area (Å²) in [6.07, 6.45) is 1.30. The SMILES string of the molecule is Cc1ccc(OCC(=O)N/N=C\c2ccc(CSC(F)F)o2)cc1C. The van der Waals surface area contributed by atoms with Crippen LogP contribution >= 0.6 is 11.8 Å². The summed E-state index contributed by atoms with van der Waals surface area (Å²) in [4.78, 5) is 11.7. The number of carbonyl (C=O) groups is 1. The number of nitrogens with one attached hydrogen (secondary N) is 1. The van der Waals surface area contributed by atoms with E-state index in [1.54, 1.807) is 18.2 Å². The molecule has 1 N–H and O–H groups in total. The second kappa shape index (κ2) is 9.22. The van der Waals surface area contributed by atoms with Gasteiger partial charge in [0.25, 0.3) is 11.7 Å². The van der Waals surface area contributed by atoms with Crippen LogP contribution < -0.4 is 10.2 Å². The third-order valence-electron chi connectivity index (χ3n) is 3.26. The summed E-state index contributed by atoms with van der Waals surface area (Å²) in [7, 11) is 0. The molecule has 0 saturated carbocycles. The minimum absolute atomic E-state index is 0.0711. The van der Waals surface area contributed by atoms with Crippen molar-refractivity contribution in [2.45, 2.75) is 25.4 Å². The molecule has 0 aliphatic carbocycles. The molecule has 2 rings (SSSR count). The summed E-state index contributed by atoms with van der Waals surface area (Å²) >= 11 is 0.475. The zero-order valence-electron chi connectivity index (χ0n) is 13.8. The van der Waals surface area contributed by atoms with Gasteiger partial charge in [0, 0.05) is 0 Å².